The van der Waals surface area contributed by atoms with Gasteiger partial charge in [0.25, 0.3) is 0 Å². The van der Waals surface area contributed by atoms with Crippen molar-refractivity contribution in [2.45, 2.75) is 56.3 Å². The van der Waals surface area contributed by atoms with E-state index in [2.05, 4.69) is 82.4 Å². The molecule has 0 spiro atoms. The van der Waals surface area contributed by atoms with Gasteiger partial charge in [-0.25, -0.2) is 14.6 Å². The average molecular weight is 904 g/mol. The third-order valence-corrected chi connectivity index (χ3v) is 13.5. The van der Waals surface area contributed by atoms with E-state index >= 15 is 0 Å². The van der Waals surface area contributed by atoms with Gasteiger partial charge < -0.3 is 53.8 Å². The molecule has 0 unspecified atom stereocenters. The zero-order chi connectivity index (χ0) is 45.6. The number of aliphatic imine (C=N–C) groups is 1. The number of hydrogen-bond donors (Lipinski definition) is 3. The molecule has 1 aromatic heterocycles. The predicted octanol–water partition coefficient (Wildman–Crippen LogP) is 5.51. The van der Waals surface area contributed by atoms with E-state index in [0.717, 1.165) is 50.1 Å². The Bertz CT molecular complexity index is 2460. The lowest BCUT2D eigenvalue weighted by atomic mass is 9.90. The summed E-state index contributed by atoms with van der Waals surface area (Å²) >= 11 is 0. The number of fused-ring (bicyclic) bond motifs is 1. The predicted molar refractivity (Wildman–Crippen MR) is 244 cm³/mol. The molecular formula is C49H57N7O10. The molecule has 4 fully saturated rings. The Kier molecular flexibility index (Phi) is 14.0. The van der Waals surface area contributed by atoms with Gasteiger partial charge in [0.15, 0.2) is 0 Å². The number of nitrogens with one attached hydrogen (secondary N) is 3. The van der Waals surface area contributed by atoms with Crippen LogP contribution in [0.2, 0.25) is 0 Å². The van der Waals surface area contributed by atoms with Gasteiger partial charge in [0, 0.05) is 57.2 Å². The van der Waals surface area contributed by atoms with Crippen molar-refractivity contribution >= 4 is 46.2 Å². The molecule has 17 heteroatoms. The van der Waals surface area contributed by atoms with Crippen molar-refractivity contribution in [1.29, 1.82) is 0 Å². The summed E-state index contributed by atoms with van der Waals surface area (Å²) in [5.74, 6) is 0.143. The number of amides is 4. The second kappa shape index (κ2) is 20.6. The zero-order valence-electron chi connectivity index (χ0n) is 37.4. The Hall–Kier alpha value is -6.14. The quantitative estimate of drug-likeness (QED) is 0.172. The summed E-state index contributed by atoms with van der Waals surface area (Å²) in [5.41, 5.74) is 6.59. The minimum absolute atomic E-state index is 0.0556. The molecule has 9 rings (SSSR count). The van der Waals surface area contributed by atoms with Gasteiger partial charge in [-0.05, 0) is 77.1 Å². The Morgan fingerprint density at radius 1 is 0.652 bits per heavy atom. The summed E-state index contributed by atoms with van der Waals surface area (Å²) in [4.78, 5) is 69.7. The molecule has 4 saturated heterocycles. The molecular weight excluding hydrogens is 847 g/mol. The van der Waals surface area contributed by atoms with Gasteiger partial charge in [-0.3, -0.25) is 14.6 Å². The lowest BCUT2D eigenvalue weighted by Gasteiger charge is -2.40. The van der Waals surface area contributed by atoms with Crippen LogP contribution in [0.4, 0.5) is 9.59 Å². The maximum absolute atomic E-state index is 14.1. The first kappa shape index (κ1) is 45.0. The van der Waals surface area contributed by atoms with Gasteiger partial charge >= 0.3 is 12.2 Å². The maximum atomic E-state index is 14.1. The van der Waals surface area contributed by atoms with Crippen molar-refractivity contribution in [1.82, 2.24) is 30.4 Å². The van der Waals surface area contributed by atoms with Crippen molar-refractivity contribution in [3.05, 3.63) is 84.3 Å². The first-order valence-electron chi connectivity index (χ1n) is 22.9. The highest BCUT2D eigenvalue weighted by atomic mass is 16.5. The van der Waals surface area contributed by atoms with Gasteiger partial charge in [0.2, 0.25) is 11.8 Å². The van der Waals surface area contributed by atoms with Crippen LogP contribution in [0.3, 0.4) is 0 Å². The van der Waals surface area contributed by atoms with Crippen LogP contribution >= 0.6 is 0 Å². The average Bonchev–Trinajstić information content (AvgIpc) is 4.09. The van der Waals surface area contributed by atoms with Gasteiger partial charge in [0.1, 0.15) is 23.9 Å². The van der Waals surface area contributed by atoms with Crippen LogP contribution in [0.1, 0.15) is 49.5 Å². The lowest BCUT2D eigenvalue weighted by Crippen LogP contribution is -2.60. The zero-order valence-corrected chi connectivity index (χ0v) is 37.4. The Morgan fingerprint density at radius 2 is 1.17 bits per heavy atom. The van der Waals surface area contributed by atoms with Gasteiger partial charge in [0.05, 0.1) is 64.3 Å². The number of nitrogens with zero attached hydrogens (tertiary/aromatic N) is 4. The maximum Gasteiger partial charge on any atom is 0.407 e. The van der Waals surface area contributed by atoms with E-state index in [-0.39, 0.29) is 36.3 Å². The highest BCUT2D eigenvalue weighted by Crippen LogP contribution is 2.33. The molecule has 5 aliphatic rings. The monoisotopic (exact) mass is 903 g/mol. The molecule has 4 aromatic rings. The fourth-order valence-corrected chi connectivity index (χ4v) is 9.75. The number of morpholine rings is 2. The minimum Gasteiger partial charge on any atom is -0.453 e. The number of alkyl carbamates (subject to hydrolysis) is 2. The second-order valence-electron chi connectivity index (χ2n) is 17.3. The van der Waals surface area contributed by atoms with Gasteiger partial charge in [-0.2, -0.15) is 0 Å². The number of aromatic nitrogens is 2. The van der Waals surface area contributed by atoms with Crippen LogP contribution in [0, 0.1) is 11.8 Å². The largest absolute Gasteiger partial charge is 0.453 e. The van der Waals surface area contributed by atoms with Crippen LogP contribution in [-0.2, 0) is 38.0 Å². The van der Waals surface area contributed by atoms with Crippen molar-refractivity contribution in [2.75, 3.05) is 80.2 Å². The van der Waals surface area contributed by atoms with Crippen LogP contribution < -0.4 is 10.6 Å². The molecule has 0 saturated carbocycles. The number of carbonyl (C=O) groups excluding carboxylic acids is 4. The van der Waals surface area contributed by atoms with E-state index in [1.54, 1.807) is 11.1 Å². The fraction of sp³-hybridized carbons (Fsp3) is 0.469. The van der Waals surface area contributed by atoms with E-state index in [1.165, 1.54) is 14.2 Å². The van der Waals surface area contributed by atoms with Gasteiger partial charge in [-0.15, -0.1) is 0 Å². The summed E-state index contributed by atoms with van der Waals surface area (Å²) < 4.78 is 32.6. The summed E-state index contributed by atoms with van der Waals surface area (Å²) in [5, 5.41) is 7.76. The molecule has 6 heterocycles. The van der Waals surface area contributed by atoms with Crippen molar-refractivity contribution in [2.24, 2.45) is 16.8 Å². The van der Waals surface area contributed by atoms with E-state index in [1.807, 2.05) is 4.90 Å². The number of ether oxygens (including phenoxy) is 6. The third-order valence-electron chi connectivity index (χ3n) is 13.5. The highest BCUT2D eigenvalue weighted by Gasteiger charge is 2.41. The second-order valence-corrected chi connectivity index (χ2v) is 17.3. The van der Waals surface area contributed by atoms with E-state index in [4.69, 9.17) is 38.4 Å². The highest BCUT2D eigenvalue weighted by molar-refractivity contribution is 6.02. The van der Waals surface area contributed by atoms with Crippen LogP contribution in [0.15, 0.2) is 77.9 Å². The van der Waals surface area contributed by atoms with Crippen LogP contribution in [0.25, 0.3) is 38.9 Å². The number of hydrogen-bond acceptors (Lipinski definition) is 12. The van der Waals surface area contributed by atoms with Crippen molar-refractivity contribution in [3.63, 3.8) is 0 Å². The normalized spacial score (nSPS) is 21.7. The number of aromatic amines is 1. The Labute approximate surface area is 383 Å². The standard InChI is InChI=1S/C49H57N7O10/c1-61-48(59)53-43(32-13-19-63-20-14-32)46(57)55-17-23-65-28-41(55)39-12-11-38(51-39)31-5-3-30(4-6-31)34-7-8-36-26-37(10-9-35(36)25-34)40-27-50-45(52-40)42-29-66-24-18-56(42)47(58)44(54-49(60)62-2)33-15-21-64-22-16-33/h3-11,25-27,32-33,41-44H,12-24,28-29H2,1-2H3,(H,50,52)(H,53,59)(H,54,60)/t41-,42-,43-,44-/m0/s1. The minimum atomic E-state index is -0.748. The summed E-state index contributed by atoms with van der Waals surface area (Å²) in [7, 11) is 2.60. The van der Waals surface area contributed by atoms with Crippen molar-refractivity contribution in [3.8, 4) is 22.4 Å². The first-order valence-corrected chi connectivity index (χ1v) is 22.9. The molecule has 3 aromatic carbocycles. The number of H-pyrrole nitrogens is 1. The van der Waals surface area contributed by atoms with Crippen LogP contribution in [0.5, 0.6) is 0 Å². The molecule has 0 radical (unpaired) electrons. The molecule has 4 amide bonds. The Morgan fingerprint density at radius 3 is 1.76 bits per heavy atom. The lowest BCUT2D eigenvalue weighted by molar-refractivity contribution is -0.145. The van der Waals surface area contributed by atoms with E-state index in [9.17, 15) is 19.2 Å². The van der Waals surface area contributed by atoms with E-state index in [0.29, 0.717) is 97.3 Å². The molecule has 17 nitrogen and oxygen atoms in total. The number of carbonyl (C=O) groups is 4. The van der Waals surface area contributed by atoms with Crippen molar-refractivity contribution < 1.29 is 47.6 Å². The fourth-order valence-electron chi connectivity index (χ4n) is 9.75. The smallest absolute Gasteiger partial charge is 0.407 e. The third kappa shape index (κ3) is 9.84. The Balaban J connectivity index is 0.867. The number of methoxy groups -OCH3 is 2. The SMILES string of the molecule is COC(=O)N[C@H](C(=O)N1CCOC[C@H]1C1=NC(c2ccc(-c3ccc4cc(-c5cnc([C@@H]6COCCN6C(=O)[C@@H](NC(=O)OC)C6CCOCC6)[nH]5)ccc4c3)cc2)=CC1)C1CCOCC1. The number of allylic oxidation sites excluding steroid dienone is 1. The van der Waals surface area contributed by atoms with Crippen LogP contribution in [-0.4, -0.2) is 148 Å². The van der Waals surface area contributed by atoms with E-state index < -0.39 is 30.3 Å². The number of benzene rings is 3. The molecule has 5 aliphatic heterocycles. The summed E-state index contributed by atoms with van der Waals surface area (Å²) in [6.07, 6.45) is 5.87. The molecule has 3 N–H and O–H groups in total. The van der Waals surface area contributed by atoms with Gasteiger partial charge in [-0.1, -0.05) is 54.6 Å². The molecule has 348 valence electrons. The summed E-state index contributed by atoms with van der Waals surface area (Å²) in [6, 6.07) is 18.8. The number of imidazole rings is 1. The first-order chi connectivity index (χ1) is 32.3. The number of rotatable bonds is 11. The topological polar surface area (TPSA) is 195 Å². The molecule has 66 heavy (non-hydrogen) atoms. The molecule has 0 aliphatic carbocycles. The molecule has 4 atom stereocenters. The molecule has 0 bridgehead atoms. The summed E-state index contributed by atoms with van der Waals surface area (Å²) in [6.45, 7) is 4.34.